The molecule has 7 heteroatoms. The summed E-state index contributed by atoms with van der Waals surface area (Å²) in [6.07, 6.45) is -3.21. The van der Waals surface area contributed by atoms with Gasteiger partial charge in [0.1, 0.15) is 5.75 Å². The van der Waals surface area contributed by atoms with E-state index >= 15 is 0 Å². The third-order valence-corrected chi connectivity index (χ3v) is 4.83. The number of hydrogen-bond acceptors (Lipinski definition) is 3. The van der Waals surface area contributed by atoms with Crippen LogP contribution in [-0.2, 0) is 6.18 Å². The van der Waals surface area contributed by atoms with E-state index in [0.717, 1.165) is 23.8 Å². The maximum absolute atomic E-state index is 13.0. The molecule has 0 N–H and O–H groups in total. The molecule has 0 fully saturated rings. The zero-order valence-electron chi connectivity index (χ0n) is 16.3. The summed E-state index contributed by atoms with van der Waals surface area (Å²) in [5.41, 5.74) is 0.367. The van der Waals surface area contributed by atoms with E-state index < -0.39 is 17.7 Å². The molecule has 3 aromatic carbocycles. The molecule has 4 aromatic rings. The summed E-state index contributed by atoms with van der Waals surface area (Å²) in [4.78, 5) is 25.9. The van der Waals surface area contributed by atoms with Gasteiger partial charge in [0.2, 0.25) is 0 Å². The molecule has 0 aliphatic heterocycles. The van der Waals surface area contributed by atoms with Crippen LogP contribution in [0, 0.1) is 6.92 Å². The fourth-order valence-electron chi connectivity index (χ4n) is 3.25. The molecule has 4 nitrogen and oxygen atoms in total. The molecule has 4 rings (SSSR count). The summed E-state index contributed by atoms with van der Waals surface area (Å²) in [6, 6.07) is 17.8. The van der Waals surface area contributed by atoms with Gasteiger partial charge < -0.3 is 4.74 Å². The second kappa shape index (κ2) is 7.75. The van der Waals surface area contributed by atoms with Crippen LogP contribution in [0.15, 0.2) is 83.8 Å². The van der Waals surface area contributed by atoms with Crippen LogP contribution in [0.2, 0.25) is 0 Å². The Kier molecular flexibility index (Phi) is 5.10. The van der Waals surface area contributed by atoms with Crippen molar-refractivity contribution in [2.75, 3.05) is 0 Å². The maximum atomic E-state index is 13.0. The number of carbonyl (C=O) groups is 1. The first-order valence-electron chi connectivity index (χ1n) is 9.35. The number of ether oxygens (including phenoxy) is 1. The van der Waals surface area contributed by atoms with E-state index in [1.54, 1.807) is 36.4 Å². The zero-order chi connectivity index (χ0) is 22.2. The molecule has 0 aliphatic carbocycles. The summed E-state index contributed by atoms with van der Waals surface area (Å²) in [5, 5.41) is 0.648. The second-order valence-corrected chi connectivity index (χ2v) is 7.01. The quantitative estimate of drug-likeness (QED) is 0.321. The lowest BCUT2D eigenvalue weighted by Crippen LogP contribution is -2.22. The number of hydrogen-bond donors (Lipinski definition) is 0. The summed E-state index contributed by atoms with van der Waals surface area (Å²) < 4.78 is 45.5. The molecule has 0 bridgehead atoms. The van der Waals surface area contributed by atoms with Crippen molar-refractivity contribution in [3.63, 3.8) is 0 Å². The number of alkyl halides is 3. The fraction of sp³-hybridized carbons (Fsp3) is 0.0833. The summed E-state index contributed by atoms with van der Waals surface area (Å²) >= 11 is 0. The predicted molar refractivity (Wildman–Crippen MR) is 111 cm³/mol. The highest BCUT2D eigenvalue weighted by Gasteiger charge is 2.31. The topological polar surface area (TPSA) is 48.3 Å². The SMILES string of the molecule is Cc1ccc(-n2cc(C(=O)Oc3cccc(C(F)(F)F)c3)c3ccccc3c2=O)cc1. The third-order valence-electron chi connectivity index (χ3n) is 4.83. The van der Waals surface area contributed by atoms with Crippen LogP contribution in [0.3, 0.4) is 0 Å². The zero-order valence-corrected chi connectivity index (χ0v) is 16.3. The lowest BCUT2D eigenvalue weighted by molar-refractivity contribution is -0.137. The van der Waals surface area contributed by atoms with Gasteiger partial charge in [0.15, 0.2) is 0 Å². The molecule has 0 spiro atoms. The molecule has 0 unspecified atom stereocenters. The first-order chi connectivity index (χ1) is 14.7. The molecule has 0 amide bonds. The Morgan fingerprint density at radius 3 is 2.26 bits per heavy atom. The number of benzene rings is 3. The van der Waals surface area contributed by atoms with Crippen molar-refractivity contribution in [1.29, 1.82) is 0 Å². The molecule has 1 aromatic heterocycles. The Labute approximate surface area is 175 Å². The first kappa shape index (κ1) is 20.4. The second-order valence-electron chi connectivity index (χ2n) is 7.01. The molecular formula is C24H16F3NO3. The number of aryl methyl sites for hydroxylation is 1. The van der Waals surface area contributed by atoms with E-state index in [9.17, 15) is 22.8 Å². The molecule has 0 saturated heterocycles. The minimum Gasteiger partial charge on any atom is -0.423 e. The van der Waals surface area contributed by atoms with Crippen molar-refractivity contribution in [3.05, 3.63) is 106 Å². The molecule has 0 aliphatic rings. The van der Waals surface area contributed by atoms with Gasteiger partial charge in [0, 0.05) is 22.7 Å². The molecular weight excluding hydrogens is 407 g/mol. The number of pyridine rings is 1. The van der Waals surface area contributed by atoms with Crippen LogP contribution in [-0.4, -0.2) is 10.5 Å². The first-order valence-corrected chi connectivity index (χ1v) is 9.35. The van der Waals surface area contributed by atoms with Gasteiger partial charge >= 0.3 is 12.1 Å². The van der Waals surface area contributed by atoms with Gasteiger partial charge in [-0.25, -0.2) is 4.79 Å². The van der Waals surface area contributed by atoms with E-state index in [-0.39, 0.29) is 16.9 Å². The van der Waals surface area contributed by atoms with Crippen LogP contribution in [0.25, 0.3) is 16.5 Å². The van der Waals surface area contributed by atoms with Crippen LogP contribution in [0.5, 0.6) is 5.75 Å². The predicted octanol–water partition coefficient (Wildman–Crippen LogP) is 5.54. The van der Waals surface area contributed by atoms with E-state index in [1.165, 1.54) is 16.8 Å². The van der Waals surface area contributed by atoms with Crippen LogP contribution >= 0.6 is 0 Å². The summed E-state index contributed by atoms with van der Waals surface area (Å²) in [6.45, 7) is 1.91. The fourth-order valence-corrected chi connectivity index (χ4v) is 3.25. The smallest absolute Gasteiger partial charge is 0.416 e. The highest BCUT2D eigenvalue weighted by Crippen LogP contribution is 2.31. The molecule has 0 radical (unpaired) electrons. The standard InChI is InChI=1S/C24H16F3NO3/c1-15-9-11-17(12-10-15)28-14-21(19-7-2-3-8-20(19)22(28)29)23(30)31-18-6-4-5-16(13-18)24(25,26)27/h2-14H,1H3. The van der Waals surface area contributed by atoms with Gasteiger partial charge in [-0.2, -0.15) is 13.2 Å². The Morgan fingerprint density at radius 2 is 1.58 bits per heavy atom. The molecule has 0 saturated carbocycles. The summed E-state index contributed by atoms with van der Waals surface area (Å²) in [7, 11) is 0. The molecule has 31 heavy (non-hydrogen) atoms. The monoisotopic (exact) mass is 423 g/mol. The highest BCUT2D eigenvalue weighted by atomic mass is 19.4. The number of nitrogens with zero attached hydrogens (tertiary/aromatic N) is 1. The van der Waals surface area contributed by atoms with E-state index in [4.69, 9.17) is 4.74 Å². The third kappa shape index (κ3) is 4.07. The van der Waals surface area contributed by atoms with E-state index in [1.807, 2.05) is 19.1 Å². The van der Waals surface area contributed by atoms with Crippen LogP contribution in [0.1, 0.15) is 21.5 Å². The number of esters is 1. The largest absolute Gasteiger partial charge is 0.423 e. The van der Waals surface area contributed by atoms with Gasteiger partial charge in [-0.3, -0.25) is 9.36 Å². The molecule has 1 heterocycles. The number of carbonyl (C=O) groups excluding carboxylic acids is 1. The van der Waals surface area contributed by atoms with E-state index in [0.29, 0.717) is 16.5 Å². The Hall–Kier alpha value is -3.87. The lowest BCUT2D eigenvalue weighted by atomic mass is 10.1. The average molecular weight is 423 g/mol. The van der Waals surface area contributed by atoms with Gasteiger partial charge in [-0.1, -0.05) is 42.0 Å². The van der Waals surface area contributed by atoms with Gasteiger partial charge in [0.05, 0.1) is 11.1 Å². The normalized spacial score (nSPS) is 11.5. The van der Waals surface area contributed by atoms with Crippen molar-refractivity contribution < 1.29 is 22.7 Å². The molecule has 156 valence electrons. The van der Waals surface area contributed by atoms with Crippen LogP contribution in [0.4, 0.5) is 13.2 Å². The number of halogens is 3. The number of rotatable bonds is 3. The number of aromatic nitrogens is 1. The Balaban J connectivity index is 1.82. The van der Waals surface area contributed by atoms with E-state index in [2.05, 4.69) is 0 Å². The molecule has 0 atom stereocenters. The van der Waals surface area contributed by atoms with Crippen molar-refractivity contribution in [1.82, 2.24) is 4.57 Å². The van der Waals surface area contributed by atoms with Crippen LogP contribution < -0.4 is 10.3 Å². The van der Waals surface area contributed by atoms with Crippen molar-refractivity contribution >= 4 is 16.7 Å². The minimum absolute atomic E-state index is 0.0631. The Bertz CT molecular complexity index is 1340. The van der Waals surface area contributed by atoms with Gasteiger partial charge in [0.25, 0.3) is 5.56 Å². The highest BCUT2D eigenvalue weighted by molar-refractivity contribution is 6.04. The van der Waals surface area contributed by atoms with Crippen molar-refractivity contribution in [2.24, 2.45) is 0 Å². The van der Waals surface area contributed by atoms with Gasteiger partial charge in [-0.15, -0.1) is 0 Å². The maximum Gasteiger partial charge on any atom is 0.416 e. The van der Waals surface area contributed by atoms with Crippen molar-refractivity contribution in [2.45, 2.75) is 13.1 Å². The average Bonchev–Trinajstić information content (AvgIpc) is 2.74. The Morgan fingerprint density at radius 1 is 0.903 bits per heavy atom. The lowest BCUT2D eigenvalue weighted by Gasteiger charge is -2.13. The van der Waals surface area contributed by atoms with Crippen molar-refractivity contribution in [3.8, 4) is 11.4 Å². The summed E-state index contributed by atoms with van der Waals surface area (Å²) in [5.74, 6) is -1.10. The minimum atomic E-state index is -4.56. The van der Waals surface area contributed by atoms with Gasteiger partial charge in [-0.05, 0) is 43.3 Å². The number of fused-ring (bicyclic) bond motifs is 1.